The summed E-state index contributed by atoms with van der Waals surface area (Å²) >= 11 is 0. The van der Waals surface area contributed by atoms with Gasteiger partial charge in [0.25, 0.3) is 0 Å². The molecule has 0 saturated carbocycles. The first-order valence-electron chi connectivity index (χ1n) is 6.94. The number of pyridine rings is 1. The van der Waals surface area contributed by atoms with E-state index < -0.39 is 28.0 Å². The summed E-state index contributed by atoms with van der Waals surface area (Å²) in [6.07, 6.45) is 3.08. The first-order valence-corrected chi connectivity index (χ1v) is 8.60. The van der Waals surface area contributed by atoms with Crippen LogP contribution in [-0.2, 0) is 14.6 Å². The molecule has 23 heavy (non-hydrogen) atoms. The first kappa shape index (κ1) is 15.2. The number of nitrogens with zero attached hydrogens (tertiary/aromatic N) is 1. The van der Waals surface area contributed by atoms with Gasteiger partial charge in [-0.2, -0.15) is 0 Å². The van der Waals surface area contributed by atoms with Crippen molar-refractivity contribution in [1.29, 1.82) is 0 Å². The van der Waals surface area contributed by atoms with Gasteiger partial charge in [0.05, 0.1) is 17.1 Å². The molecule has 6 nitrogen and oxygen atoms in total. The molecule has 7 heteroatoms. The van der Waals surface area contributed by atoms with Gasteiger partial charge in [0.2, 0.25) is 0 Å². The van der Waals surface area contributed by atoms with Gasteiger partial charge in [0.1, 0.15) is 5.65 Å². The number of hydrogen-bond acceptors (Lipinski definition) is 4. The van der Waals surface area contributed by atoms with E-state index in [1.807, 2.05) is 12.1 Å². The molecule has 0 aliphatic heterocycles. The Morgan fingerprint density at radius 1 is 1.13 bits per heavy atom. The fraction of sp³-hybridized carbons (Fsp3) is 0.125. The fourth-order valence-electron chi connectivity index (χ4n) is 2.39. The van der Waals surface area contributed by atoms with Gasteiger partial charge in [-0.1, -0.05) is 12.1 Å². The molecule has 0 spiro atoms. The lowest BCUT2D eigenvalue weighted by atomic mass is 10.0. The number of carboxylic acid groups (broad SMARTS) is 1. The summed E-state index contributed by atoms with van der Waals surface area (Å²) in [4.78, 5) is 17.9. The Morgan fingerprint density at radius 2 is 1.87 bits per heavy atom. The molecule has 0 atom stereocenters. The van der Waals surface area contributed by atoms with E-state index in [0.29, 0.717) is 0 Å². The molecule has 118 valence electrons. The van der Waals surface area contributed by atoms with E-state index in [9.17, 15) is 13.2 Å². The zero-order chi connectivity index (χ0) is 16.4. The number of benzene rings is 1. The Balaban J connectivity index is 1.93. The van der Waals surface area contributed by atoms with Crippen molar-refractivity contribution < 1.29 is 18.3 Å². The van der Waals surface area contributed by atoms with Crippen LogP contribution in [0.2, 0.25) is 0 Å². The van der Waals surface area contributed by atoms with Gasteiger partial charge in [0.15, 0.2) is 9.84 Å². The maximum absolute atomic E-state index is 12.1. The number of aromatic nitrogens is 2. The quantitative estimate of drug-likeness (QED) is 0.748. The van der Waals surface area contributed by atoms with Crippen LogP contribution in [0.3, 0.4) is 0 Å². The molecule has 2 N–H and O–H groups in total. The van der Waals surface area contributed by atoms with Crippen molar-refractivity contribution >= 4 is 26.8 Å². The second-order valence-electron chi connectivity index (χ2n) is 5.09. The van der Waals surface area contributed by atoms with E-state index in [2.05, 4.69) is 9.97 Å². The molecule has 1 aromatic carbocycles. The molecular weight excluding hydrogens is 316 g/mol. The standard InChI is InChI=1S/C16H14N2O4S/c19-15(20)7-10-23(21,22)12-3-1-11(2-4-12)13-5-8-17-16-14(13)6-9-18-16/h1-6,8-9H,7,10H2,(H,17,18)(H,19,20). The predicted molar refractivity (Wildman–Crippen MR) is 85.8 cm³/mol. The van der Waals surface area contributed by atoms with E-state index in [1.165, 1.54) is 12.1 Å². The fourth-order valence-corrected chi connectivity index (χ4v) is 3.62. The number of carboxylic acids is 1. The number of rotatable bonds is 5. The van der Waals surface area contributed by atoms with Crippen LogP contribution < -0.4 is 0 Å². The minimum Gasteiger partial charge on any atom is -0.481 e. The molecular formula is C16H14N2O4S. The molecule has 0 amide bonds. The van der Waals surface area contributed by atoms with Crippen LogP contribution in [-0.4, -0.2) is 35.2 Å². The van der Waals surface area contributed by atoms with Crippen molar-refractivity contribution in [2.75, 3.05) is 5.75 Å². The van der Waals surface area contributed by atoms with Crippen LogP contribution in [0.1, 0.15) is 6.42 Å². The third-order valence-electron chi connectivity index (χ3n) is 3.57. The number of carbonyl (C=O) groups is 1. The Morgan fingerprint density at radius 3 is 2.57 bits per heavy atom. The van der Waals surface area contributed by atoms with E-state index in [-0.39, 0.29) is 4.90 Å². The van der Waals surface area contributed by atoms with E-state index in [1.54, 1.807) is 24.5 Å². The highest BCUT2D eigenvalue weighted by Crippen LogP contribution is 2.28. The summed E-state index contributed by atoms with van der Waals surface area (Å²) in [6.45, 7) is 0. The smallest absolute Gasteiger partial charge is 0.304 e. The van der Waals surface area contributed by atoms with Crippen molar-refractivity contribution in [2.45, 2.75) is 11.3 Å². The van der Waals surface area contributed by atoms with Crippen molar-refractivity contribution in [3.63, 3.8) is 0 Å². The predicted octanol–water partition coefficient (Wildman–Crippen LogP) is 2.48. The maximum atomic E-state index is 12.1. The number of aliphatic carboxylic acids is 1. The van der Waals surface area contributed by atoms with Crippen molar-refractivity contribution in [1.82, 2.24) is 9.97 Å². The number of hydrogen-bond donors (Lipinski definition) is 2. The molecule has 0 bridgehead atoms. The molecule has 0 unspecified atom stereocenters. The lowest BCUT2D eigenvalue weighted by Crippen LogP contribution is -2.10. The van der Waals surface area contributed by atoms with Crippen LogP contribution in [0.5, 0.6) is 0 Å². The third-order valence-corrected chi connectivity index (χ3v) is 5.30. The first-order chi connectivity index (χ1) is 11.0. The largest absolute Gasteiger partial charge is 0.481 e. The van der Waals surface area contributed by atoms with E-state index in [4.69, 9.17) is 5.11 Å². The van der Waals surface area contributed by atoms with Crippen LogP contribution in [0, 0.1) is 0 Å². The second-order valence-corrected chi connectivity index (χ2v) is 7.19. The average molecular weight is 330 g/mol. The van der Waals surface area contributed by atoms with Gasteiger partial charge in [0, 0.05) is 17.8 Å². The highest BCUT2D eigenvalue weighted by atomic mass is 32.2. The zero-order valence-corrected chi connectivity index (χ0v) is 12.9. The third kappa shape index (κ3) is 3.09. The Hall–Kier alpha value is -2.67. The van der Waals surface area contributed by atoms with Crippen molar-refractivity contribution in [3.8, 4) is 11.1 Å². The van der Waals surface area contributed by atoms with Crippen LogP contribution in [0.15, 0.2) is 53.7 Å². The lowest BCUT2D eigenvalue weighted by molar-refractivity contribution is -0.136. The summed E-state index contributed by atoms with van der Waals surface area (Å²) < 4.78 is 24.2. The lowest BCUT2D eigenvalue weighted by Gasteiger charge is -2.06. The summed E-state index contributed by atoms with van der Waals surface area (Å²) in [6, 6.07) is 10.2. The van der Waals surface area contributed by atoms with Gasteiger partial charge in [-0.25, -0.2) is 13.4 Å². The van der Waals surface area contributed by atoms with Gasteiger partial charge in [-0.3, -0.25) is 4.79 Å². The minimum absolute atomic E-state index is 0.127. The molecule has 3 rings (SSSR count). The van der Waals surface area contributed by atoms with Gasteiger partial charge in [-0.05, 0) is 35.4 Å². The Labute approximate surface area is 132 Å². The topological polar surface area (TPSA) is 100 Å². The number of sulfone groups is 1. The number of H-pyrrole nitrogens is 1. The highest BCUT2D eigenvalue weighted by molar-refractivity contribution is 7.91. The highest BCUT2D eigenvalue weighted by Gasteiger charge is 2.16. The zero-order valence-electron chi connectivity index (χ0n) is 12.1. The maximum Gasteiger partial charge on any atom is 0.304 e. The summed E-state index contributed by atoms with van der Waals surface area (Å²) in [5.41, 5.74) is 2.58. The van der Waals surface area contributed by atoms with Crippen LogP contribution >= 0.6 is 0 Å². The number of fused-ring (bicyclic) bond motifs is 1. The molecule has 0 radical (unpaired) electrons. The average Bonchev–Trinajstić information content (AvgIpc) is 3.02. The van der Waals surface area contributed by atoms with Crippen LogP contribution in [0.25, 0.3) is 22.2 Å². The summed E-state index contributed by atoms with van der Waals surface area (Å²) in [5.74, 6) is -1.53. The van der Waals surface area contributed by atoms with E-state index >= 15 is 0 Å². The molecule has 2 heterocycles. The molecule has 3 aromatic rings. The van der Waals surface area contributed by atoms with Gasteiger partial charge >= 0.3 is 5.97 Å². The number of aromatic amines is 1. The molecule has 0 saturated heterocycles. The SMILES string of the molecule is O=C(O)CCS(=O)(=O)c1ccc(-c2ccnc3[nH]ccc23)cc1. The molecule has 2 aromatic heterocycles. The summed E-state index contributed by atoms with van der Waals surface area (Å²) in [5, 5.41) is 9.58. The van der Waals surface area contributed by atoms with Crippen molar-refractivity contribution in [2.24, 2.45) is 0 Å². The van der Waals surface area contributed by atoms with Crippen LogP contribution in [0.4, 0.5) is 0 Å². The van der Waals surface area contributed by atoms with Crippen molar-refractivity contribution in [3.05, 3.63) is 48.8 Å². The molecule has 0 fully saturated rings. The second kappa shape index (κ2) is 5.85. The van der Waals surface area contributed by atoms with Gasteiger partial charge < -0.3 is 10.1 Å². The minimum atomic E-state index is -3.59. The Kier molecular flexibility index (Phi) is 3.87. The number of nitrogens with one attached hydrogen (secondary N) is 1. The molecule has 0 aliphatic carbocycles. The summed E-state index contributed by atoms with van der Waals surface area (Å²) in [7, 11) is -3.59. The monoisotopic (exact) mass is 330 g/mol. The molecule has 0 aliphatic rings. The normalized spacial score (nSPS) is 11.7. The van der Waals surface area contributed by atoms with Gasteiger partial charge in [-0.15, -0.1) is 0 Å². The van der Waals surface area contributed by atoms with E-state index in [0.717, 1.165) is 22.2 Å². The Bertz CT molecular complexity index is 959.